The first-order chi connectivity index (χ1) is 11.8. The van der Waals surface area contributed by atoms with E-state index in [1.807, 2.05) is 53.2 Å². The van der Waals surface area contributed by atoms with Crippen molar-refractivity contribution in [3.63, 3.8) is 0 Å². The fourth-order valence-corrected chi connectivity index (χ4v) is 2.76. The van der Waals surface area contributed by atoms with Crippen molar-refractivity contribution in [1.29, 1.82) is 0 Å². The Bertz CT molecular complexity index is 816. The zero-order valence-corrected chi connectivity index (χ0v) is 17.1. The Morgan fingerprint density at radius 1 is 1.12 bits per heavy atom. The van der Waals surface area contributed by atoms with Gasteiger partial charge in [-0.05, 0) is 6.42 Å². The van der Waals surface area contributed by atoms with Gasteiger partial charge in [-0.15, -0.1) is 0 Å². The van der Waals surface area contributed by atoms with Gasteiger partial charge < -0.3 is 0 Å². The number of aryl methyl sites for hydroxylation is 2. The molecule has 0 fully saturated rings. The topological polar surface area (TPSA) is 29.6 Å². The second-order valence-electron chi connectivity index (χ2n) is 6.37. The Kier molecular flexibility index (Phi) is 8.10. The molecule has 3 rings (SSSR count). The van der Waals surface area contributed by atoms with E-state index in [0.29, 0.717) is 0 Å². The van der Waals surface area contributed by atoms with E-state index in [2.05, 4.69) is 47.6 Å². The van der Waals surface area contributed by atoms with Crippen LogP contribution >= 0.6 is 0 Å². The quantitative estimate of drug-likeness (QED) is 0.837. The van der Waals surface area contributed by atoms with Gasteiger partial charge in [0.25, 0.3) is 0 Å². The summed E-state index contributed by atoms with van der Waals surface area (Å²) in [6.45, 7) is 12.8. The van der Waals surface area contributed by atoms with Crippen molar-refractivity contribution >= 4 is 12.5 Å². The van der Waals surface area contributed by atoms with Gasteiger partial charge in [0.2, 0.25) is 0 Å². The number of aromatic nitrogens is 2. The Hall–Kier alpha value is -1.88. The summed E-state index contributed by atoms with van der Waals surface area (Å²) in [6.07, 6.45) is 9.50. The third-order valence-electron chi connectivity index (χ3n) is 4.33. The number of fused-ring (bicyclic) bond motifs is 1. The standard InChI is InChI=1S/C13H20BN3O.C5H6.C2H6/c1-8-10(3)16(6)13-14-9(2)11(7-15(4)5)17(13)12(8)18;1-2-4-5-3-1;1-2/h7H2,1-6H3;1-4H,5H2;1-2H3. The molecule has 0 aliphatic heterocycles. The molecular weight excluding hydrogens is 309 g/mol. The van der Waals surface area contributed by atoms with Crippen LogP contribution in [-0.4, -0.2) is 34.9 Å². The Balaban J connectivity index is 0.000000376. The first-order valence-electron chi connectivity index (χ1n) is 8.98. The summed E-state index contributed by atoms with van der Waals surface area (Å²) in [5.41, 5.74) is 5.17. The molecule has 0 radical (unpaired) electrons. The molecule has 0 amide bonds. The number of nitrogens with zero attached hydrogens (tertiary/aromatic N) is 3. The zero-order valence-electron chi connectivity index (χ0n) is 17.1. The Labute approximate surface area is 152 Å². The number of hydrogen-bond donors (Lipinski definition) is 0. The van der Waals surface area contributed by atoms with Crippen LogP contribution in [0, 0.1) is 20.8 Å². The van der Waals surface area contributed by atoms with E-state index in [4.69, 9.17) is 0 Å². The summed E-state index contributed by atoms with van der Waals surface area (Å²) >= 11 is 0. The minimum absolute atomic E-state index is 0.102. The molecule has 2 aromatic rings. The molecule has 2 aromatic heterocycles. The molecule has 0 bridgehead atoms. The molecular formula is C20H32BN3O. The molecule has 25 heavy (non-hydrogen) atoms. The van der Waals surface area contributed by atoms with Crippen molar-refractivity contribution in [1.82, 2.24) is 13.9 Å². The third kappa shape index (κ3) is 4.82. The van der Waals surface area contributed by atoms with Crippen molar-refractivity contribution in [2.75, 3.05) is 14.1 Å². The molecule has 1 aliphatic rings. The minimum atomic E-state index is 0.102. The summed E-state index contributed by atoms with van der Waals surface area (Å²) < 4.78 is 3.93. The van der Waals surface area contributed by atoms with Gasteiger partial charge in [-0.1, -0.05) is 38.2 Å². The van der Waals surface area contributed by atoms with Gasteiger partial charge >= 0.3 is 108 Å². The summed E-state index contributed by atoms with van der Waals surface area (Å²) in [7, 11) is 6.05. The van der Waals surface area contributed by atoms with Gasteiger partial charge in [0.05, 0.1) is 0 Å². The number of allylic oxidation sites excluding steroid dienone is 4. The fraction of sp³-hybridized carbons (Fsp3) is 0.500. The maximum atomic E-state index is 12.4. The second-order valence-corrected chi connectivity index (χ2v) is 6.37. The van der Waals surface area contributed by atoms with Crippen molar-refractivity contribution < 1.29 is 0 Å². The zero-order chi connectivity index (χ0) is 19.1. The van der Waals surface area contributed by atoms with Crippen molar-refractivity contribution in [2.45, 2.75) is 47.6 Å². The van der Waals surface area contributed by atoms with Gasteiger partial charge in [-0.3, -0.25) is 0 Å². The van der Waals surface area contributed by atoms with E-state index in [0.717, 1.165) is 35.5 Å². The van der Waals surface area contributed by atoms with E-state index in [-0.39, 0.29) is 5.56 Å². The van der Waals surface area contributed by atoms with Crippen molar-refractivity contribution in [2.24, 2.45) is 7.05 Å². The monoisotopic (exact) mass is 341 g/mol. The van der Waals surface area contributed by atoms with Crippen molar-refractivity contribution in [3.8, 4) is 0 Å². The molecule has 0 saturated heterocycles. The Morgan fingerprint density at radius 3 is 2.12 bits per heavy atom. The molecule has 4 nitrogen and oxygen atoms in total. The first kappa shape index (κ1) is 21.2. The molecule has 136 valence electrons. The van der Waals surface area contributed by atoms with Crippen molar-refractivity contribution in [3.05, 3.63) is 57.1 Å². The van der Waals surface area contributed by atoms with Crippen LogP contribution in [0.1, 0.15) is 42.7 Å². The molecule has 0 saturated carbocycles. The second kappa shape index (κ2) is 9.57. The van der Waals surface area contributed by atoms with Crippen LogP contribution < -0.4 is 5.56 Å². The fourth-order valence-electron chi connectivity index (χ4n) is 2.76. The third-order valence-corrected chi connectivity index (χ3v) is 4.33. The van der Waals surface area contributed by atoms with E-state index in [9.17, 15) is 4.79 Å². The van der Waals surface area contributed by atoms with Crippen LogP contribution in [-0.2, 0) is 13.6 Å². The van der Waals surface area contributed by atoms with Crippen LogP contribution in [0.4, 0.5) is 0 Å². The van der Waals surface area contributed by atoms with E-state index in [1.165, 1.54) is 5.46 Å². The van der Waals surface area contributed by atoms with E-state index < -0.39 is 0 Å². The summed E-state index contributed by atoms with van der Waals surface area (Å²) in [5.74, 6) is 0. The molecule has 5 heteroatoms. The Morgan fingerprint density at radius 2 is 1.68 bits per heavy atom. The maximum absolute atomic E-state index is 12.4. The molecule has 0 atom stereocenters. The van der Waals surface area contributed by atoms with Gasteiger partial charge in [-0.25, -0.2) is 0 Å². The van der Waals surface area contributed by atoms with Gasteiger partial charge in [0, 0.05) is 0 Å². The normalized spacial score (nSPS) is 12.0. The summed E-state index contributed by atoms with van der Waals surface area (Å²) in [6, 6.07) is 0. The molecule has 1 aliphatic carbocycles. The van der Waals surface area contributed by atoms with E-state index in [1.54, 1.807) is 0 Å². The van der Waals surface area contributed by atoms with Crippen LogP contribution in [0.25, 0.3) is 5.54 Å². The van der Waals surface area contributed by atoms with Crippen LogP contribution in [0.3, 0.4) is 0 Å². The first-order valence-corrected chi connectivity index (χ1v) is 8.98. The predicted molar refractivity (Wildman–Crippen MR) is 110 cm³/mol. The molecule has 0 aromatic carbocycles. The predicted octanol–water partition coefficient (Wildman–Crippen LogP) is 3.49. The van der Waals surface area contributed by atoms with Crippen LogP contribution in [0.15, 0.2) is 29.1 Å². The average Bonchev–Trinajstić information content (AvgIpc) is 3.26. The van der Waals surface area contributed by atoms with Gasteiger partial charge in [-0.2, -0.15) is 0 Å². The average molecular weight is 341 g/mol. The summed E-state index contributed by atoms with van der Waals surface area (Å²) in [5, 5.41) is 0. The number of hydrogen-bond acceptors (Lipinski definition) is 2. The van der Waals surface area contributed by atoms with E-state index >= 15 is 0 Å². The molecule has 0 N–H and O–H groups in total. The SMILES string of the molecule is C1=CCC=C1.CC.Cc1bc2n(C)c(C)c(C)c(=O)n2c1CN(C)C. The molecule has 0 unspecified atom stereocenters. The van der Waals surface area contributed by atoms with Crippen LogP contribution in [0.2, 0.25) is 0 Å². The summed E-state index contributed by atoms with van der Waals surface area (Å²) in [4.78, 5) is 14.5. The van der Waals surface area contributed by atoms with Crippen LogP contribution in [0.5, 0.6) is 0 Å². The van der Waals surface area contributed by atoms with Gasteiger partial charge in [0.15, 0.2) is 0 Å². The number of rotatable bonds is 2. The molecule has 2 heterocycles. The van der Waals surface area contributed by atoms with Gasteiger partial charge in [0.1, 0.15) is 0 Å². The molecule has 0 spiro atoms.